The number of aryl methyl sites for hydroxylation is 2. The summed E-state index contributed by atoms with van der Waals surface area (Å²) < 4.78 is 10.4. The fourth-order valence-corrected chi connectivity index (χ4v) is 1.52. The molecule has 0 fully saturated rings. The molecule has 0 saturated heterocycles. The van der Waals surface area contributed by atoms with Gasteiger partial charge in [0.1, 0.15) is 5.75 Å². The molecule has 6 heteroatoms. The standard InChI is InChI=1S/C14H15N3O3/c1-3-10-8-16-12(20-14(15)18)13(17-10)19-11-6-4-9(2)5-7-11/h4-8H,3H2,1-2H3,(H2,15,18). The van der Waals surface area contributed by atoms with Crippen molar-refractivity contribution in [2.24, 2.45) is 5.73 Å². The molecule has 2 aromatic rings. The molecule has 0 radical (unpaired) electrons. The summed E-state index contributed by atoms with van der Waals surface area (Å²) in [6.07, 6.45) is 1.24. The number of carbonyl (C=O) groups is 1. The summed E-state index contributed by atoms with van der Waals surface area (Å²) in [6, 6.07) is 7.40. The summed E-state index contributed by atoms with van der Waals surface area (Å²) in [5, 5.41) is 0. The number of ether oxygens (including phenoxy) is 2. The van der Waals surface area contributed by atoms with Crippen molar-refractivity contribution in [1.29, 1.82) is 0 Å². The lowest BCUT2D eigenvalue weighted by molar-refractivity contribution is 0.206. The van der Waals surface area contributed by atoms with E-state index in [2.05, 4.69) is 9.97 Å². The number of benzene rings is 1. The number of hydrogen-bond acceptors (Lipinski definition) is 5. The molecular weight excluding hydrogens is 258 g/mol. The Morgan fingerprint density at radius 3 is 2.55 bits per heavy atom. The Kier molecular flexibility index (Phi) is 4.14. The average molecular weight is 273 g/mol. The number of nitrogens with zero attached hydrogens (tertiary/aromatic N) is 2. The number of carbonyl (C=O) groups excluding carboxylic acids is 1. The van der Waals surface area contributed by atoms with Gasteiger partial charge >= 0.3 is 6.09 Å². The van der Waals surface area contributed by atoms with E-state index in [1.54, 1.807) is 12.1 Å². The van der Waals surface area contributed by atoms with Gasteiger partial charge in [0.2, 0.25) is 0 Å². The predicted octanol–water partition coefficient (Wildman–Crippen LogP) is 2.60. The summed E-state index contributed by atoms with van der Waals surface area (Å²) >= 11 is 0. The highest BCUT2D eigenvalue weighted by Gasteiger charge is 2.13. The van der Waals surface area contributed by atoms with Crippen molar-refractivity contribution in [1.82, 2.24) is 9.97 Å². The van der Waals surface area contributed by atoms with Gasteiger partial charge < -0.3 is 15.2 Å². The van der Waals surface area contributed by atoms with Crippen molar-refractivity contribution >= 4 is 6.09 Å². The molecule has 0 aliphatic carbocycles. The van der Waals surface area contributed by atoms with Crippen LogP contribution in [0.5, 0.6) is 17.5 Å². The Labute approximate surface area is 116 Å². The first-order chi connectivity index (χ1) is 9.58. The lowest BCUT2D eigenvalue weighted by Crippen LogP contribution is -2.17. The Bertz CT molecular complexity index is 612. The summed E-state index contributed by atoms with van der Waals surface area (Å²) in [5.74, 6) is 0.648. The molecule has 0 saturated carbocycles. The van der Waals surface area contributed by atoms with Crippen LogP contribution in [0.25, 0.3) is 0 Å². The quantitative estimate of drug-likeness (QED) is 0.925. The molecule has 2 N–H and O–H groups in total. The first-order valence-electron chi connectivity index (χ1n) is 6.16. The third kappa shape index (κ3) is 3.44. The Morgan fingerprint density at radius 2 is 1.95 bits per heavy atom. The van der Waals surface area contributed by atoms with Crippen molar-refractivity contribution in [3.63, 3.8) is 0 Å². The van der Waals surface area contributed by atoms with Crippen LogP contribution < -0.4 is 15.2 Å². The van der Waals surface area contributed by atoms with Gasteiger partial charge in [-0.25, -0.2) is 14.8 Å². The smallest absolute Gasteiger partial charge is 0.411 e. The Hall–Kier alpha value is -2.63. The van der Waals surface area contributed by atoms with Gasteiger partial charge in [-0.15, -0.1) is 0 Å². The van der Waals surface area contributed by atoms with E-state index in [4.69, 9.17) is 15.2 Å². The van der Waals surface area contributed by atoms with Crippen LogP contribution in [0.3, 0.4) is 0 Å². The number of amides is 1. The van der Waals surface area contributed by atoms with Gasteiger partial charge in [0.25, 0.3) is 11.8 Å². The van der Waals surface area contributed by atoms with E-state index in [0.29, 0.717) is 12.2 Å². The maximum absolute atomic E-state index is 10.8. The lowest BCUT2D eigenvalue weighted by atomic mass is 10.2. The second kappa shape index (κ2) is 6.01. The van der Waals surface area contributed by atoms with E-state index in [9.17, 15) is 4.79 Å². The fraction of sp³-hybridized carbons (Fsp3) is 0.214. The minimum absolute atomic E-state index is 0.0460. The molecule has 1 heterocycles. The monoisotopic (exact) mass is 273 g/mol. The van der Waals surface area contributed by atoms with E-state index < -0.39 is 6.09 Å². The summed E-state index contributed by atoms with van der Waals surface area (Å²) in [4.78, 5) is 19.1. The molecule has 0 aliphatic heterocycles. The van der Waals surface area contributed by atoms with Crippen LogP contribution in [0.2, 0.25) is 0 Å². The highest BCUT2D eigenvalue weighted by atomic mass is 16.6. The predicted molar refractivity (Wildman–Crippen MR) is 72.9 cm³/mol. The molecular formula is C14H15N3O3. The summed E-state index contributed by atoms with van der Waals surface area (Å²) in [5.41, 5.74) is 6.83. The normalized spacial score (nSPS) is 10.1. The highest BCUT2D eigenvalue weighted by Crippen LogP contribution is 2.27. The number of hydrogen-bond donors (Lipinski definition) is 1. The Balaban J connectivity index is 2.31. The minimum Gasteiger partial charge on any atom is -0.435 e. The fourth-order valence-electron chi connectivity index (χ4n) is 1.52. The largest absolute Gasteiger partial charge is 0.435 e. The first kappa shape index (κ1) is 13.8. The Morgan fingerprint density at radius 1 is 1.25 bits per heavy atom. The maximum atomic E-state index is 10.8. The third-order valence-electron chi connectivity index (χ3n) is 2.55. The van der Waals surface area contributed by atoms with Crippen molar-refractivity contribution in [3.8, 4) is 17.5 Å². The molecule has 0 aliphatic rings. The van der Waals surface area contributed by atoms with Crippen LogP contribution in [-0.2, 0) is 6.42 Å². The number of rotatable bonds is 4. The van der Waals surface area contributed by atoms with E-state index in [1.807, 2.05) is 26.0 Å². The average Bonchev–Trinajstić information content (AvgIpc) is 2.42. The molecule has 1 aromatic heterocycles. The topological polar surface area (TPSA) is 87.3 Å². The van der Waals surface area contributed by atoms with E-state index in [1.165, 1.54) is 6.20 Å². The van der Waals surface area contributed by atoms with Crippen molar-refractivity contribution in [2.75, 3.05) is 0 Å². The molecule has 2 rings (SSSR count). The SMILES string of the molecule is CCc1cnc(OC(N)=O)c(Oc2ccc(C)cc2)n1. The molecule has 1 aromatic carbocycles. The second-order valence-corrected chi connectivity index (χ2v) is 4.16. The minimum atomic E-state index is -0.961. The second-order valence-electron chi connectivity index (χ2n) is 4.16. The van der Waals surface area contributed by atoms with Gasteiger partial charge in [-0.05, 0) is 25.5 Å². The number of nitrogens with two attached hydrogens (primary N) is 1. The number of primary amides is 1. The third-order valence-corrected chi connectivity index (χ3v) is 2.55. The molecule has 104 valence electrons. The lowest BCUT2D eigenvalue weighted by Gasteiger charge is -2.09. The van der Waals surface area contributed by atoms with Gasteiger partial charge in [0.05, 0.1) is 11.9 Å². The summed E-state index contributed by atoms with van der Waals surface area (Å²) in [7, 11) is 0. The van der Waals surface area contributed by atoms with Crippen LogP contribution >= 0.6 is 0 Å². The highest BCUT2D eigenvalue weighted by molar-refractivity contribution is 5.68. The van der Waals surface area contributed by atoms with Gasteiger partial charge in [-0.1, -0.05) is 24.6 Å². The van der Waals surface area contributed by atoms with Crippen LogP contribution in [0.1, 0.15) is 18.2 Å². The maximum Gasteiger partial charge on any atom is 0.411 e. The van der Waals surface area contributed by atoms with Gasteiger partial charge in [-0.3, -0.25) is 0 Å². The van der Waals surface area contributed by atoms with Crippen LogP contribution in [0, 0.1) is 6.92 Å². The molecule has 6 nitrogen and oxygen atoms in total. The summed E-state index contributed by atoms with van der Waals surface area (Å²) in [6.45, 7) is 3.91. The molecule has 0 spiro atoms. The zero-order chi connectivity index (χ0) is 14.5. The molecule has 0 unspecified atom stereocenters. The van der Waals surface area contributed by atoms with Crippen molar-refractivity contribution in [2.45, 2.75) is 20.3 Å². The van der Waals surface area contributed by atoms with Crippen molar-refractivity contribution < 1.29 is 14.3 Å². The van der Waals surface area contributed by atoms with Gasteiger partial charge in [0.15, 0.2) is 0 Å². The van der Waals surface area contributed by atoms with Crippen LogP contribution in [0.4, 0.5) is 4.79 Å². The molecule has 0 bridgehead atoms. The number of aromatic nitrogens is 2. The van der Waals surface area contributed by atoms with Crippen molar-refractivity contribution in [3.05, 3.63) is 41.7 Å². The first-order valence-corrected chi connectivity index (χ1v) is 6.16. The van der Waals surface area contributed by atoms with Crippen LogP contribution in [-0.4, -0.2) is 16.1 Å². The zero-order valence-electron chi connectivity index (χ0n) is 11.3. The van der Waals surface area contributed by atoms with Gasteiger partial charge in [0, 0.05) is 0 Å². The van der Waals surface area contributed by atoms with E-state index in [0.717, 1.165) is 11.3 Å². The zero-order valence-corrected chi connectivity index (χ0v) is 11.3. The molecule has 0 atom stereocenters. The molecule has 20 heavy (non-hydrogen) atoms. The van der Waals surface area contributed by atoms with Gasteiger partial charge in [-0.2, -0.15) is 0 Å². The van der Waals surface area contributed by atoms with Crippen LogP contribution in [0.15, 0.2) is 30.5 Å². The van der Waals surface area contributed by atoms with E-state index in [-0.39, 0.29) is 11.8 Å². The molecule has 1 amide bonds. The van der Waals surface area contributed by atoms with E-state index >= 15 is 0 Å².